The van der Waals surface area contributed by atoms with Crippen molar-refractivity contribution in [1.29, 1.82) is 0 Å². The topological polar surface area (TPSA) is 60.0 Å². The summed E-state index contributed by atoms with van der Waals surface area (Å²) in [7, 11) is 3.01. The number of para-hydroxylation sites is 2. The van der Waals surface area contributed by atoms with Gasteiger partial charge in [0, 0.05) is 25.2 Å². The summed E-state index contributed by atoms with van der Waals surface area (Å²) < 4.78 is 39.8. The van der Waals surface area contributed by atoms with Crippen LogP contribution in [0.1, 0.15) is 18.4 Å². The summed E-state index contributed by atoms with van der Waals surface area (Å²) in [6.45, 7) is -1.35. The Bertz CT molecular complexity index is 920. The zero-order valence-electron chi connectivity index (χ0n) is 17.5. The van der Waals surface area contributed by atoms with Crippen LogP contribution in [0, 0.1) is 0 Å². The van der Waals surface area contributed by atoms with Crippen LogP contribution in [0.15, 0.2) is 48.5 Å². The summed E-state index contributed by atoms with van der Waals surface area (Å²) in [4.78, 5) is 14.6. The van der Waals surface area contributed by atoms with Crippen LogP contribution in [0.25, 0.3) is 6.08 Å². The first-order valence-corrected chi connectivity index (χ1v) is 9.99. The third-order valence-corrected chi connectivity index (χ3v) is 5.02. The number of nitrogens with one attached hydrogen (secondary N) is 1. The van der Waals surface area contributed by atoms with Crippen LogP contribution in [0.5, 0.6) is 17.2 Å². The minimum atomic E-state index is -2.94. The SMILES string of the molecule is COc1cc(/C=C/C(=O)NC2CCCN(c3ccccc3OC)C2)ccc1OC(F)F. The Morgan fingerprint density at radius 2 is 1.90 bits per heavy atom. The summed E-state index contributed by atoms with van der Waals surface area (Å²) in [6.07, 6.45) is 4.86. The molecular formula is C23H26F2N2O4. The molecule has 1 saturated heterocycles. The van der Waals surface area contributed by atoms with Crippen LogP contribution in [-0.2, 0) is 4.79 Å². The number of piperidine rings is 1. The summed E-state index contributed by atoms with van der Waals surface area (Å²) in [5, 5.41) is 3.03. The zero-order valence-corrected chi connectivity index (χ0v) is 17.5. The Hall–Kier alpha value is -3.29. The van der Waals surface area contributed by atoms with Crippen LogP contribution in [-0.4, -0.2) is 45.9 Å². The molecule has 2 aromatic carbocycles. The Kier molecular flexibility index (Phi) is 7.70. The van der Waals surface area contributed by atoms with E-state index in [1.807, 2.05) is 24.3 Å². The number of hydrogen-bond acceptors (Lipinski definition) is 5. The smallest absolute Gasteiger partial charge is 0.387 e. The molecule has 0 saturated carbocycles. The van der Waals surface area contributed by atoms with Gasteiger partial charge in [0.15, 0.2) is 11.5 Å². The van der Waals surface area contributed by atoms with E-state index in [1.165, 1.54) is 25.3 Å². The zero-order chi connectivity index (χ0) is 22.2. The fraction of sp³-hybridized carbons (Fsp3) is 0.348. The quantitative estimate of drug-likeness (QED) is 0.637. The molecular weight excluding hydrogens is 406 g/mol. The van der Waals surface area contributed by atoms with Crippen LogP contribution >= 0.6 is 0 Å². The fourth-order valence-corrected chi connectivity index (χ4v) is 3.61. The van der Waals surface area contributed by atoms with Crippen molar-refractivity contribution in [2.45, 2.75) is 25.5 Å². The third kappa shape index (κ3) is 6.10. The minimum absolute atomic E-state index is 0.00664. The molecule has 6 nitrogen and oxygen atoms in total. The average molecular weight is 432 g/mol. The maximum atomic E-state index is 12.4. The molecule has 166 valence electrons. The van der Waals surface area contributed by atoms with E-state index in [9.17, 15) is 13.6 Å². The number of hydrogen-bond donors (Lipinski definition) is 1. The number of halogens is 2. The first-order chi connectivity index (χ1) is 15.0. The number of amides is 1. The lowest BCUT2D eigenvalue weighted by Crippen LogP contribution is -2.47. The van der Waals surface area contributed by atoms with Gasteiger partial charge in [-0.15, -0.1) is 0 Å². The average Bonchev–Trinajstić information content (AvgIpc) is 2.78. The number of rotatable bonds is 8. The number of methoxy groups -OCH3 is 2. The normalized spacial score (nSPS) is 16.4. The summed E-state index contributed by atoms with van der Waals surface area (Å²) in [5.41, 5.74) is 1.64. The summed E-state index contributed by atoms with van der Waals surface area (Å²) in [6, 6.07) is 12.3. The molecule has 8 heteroatoms. The number of carbonyl (C=O) groups excluding carboxylic acids is 1. The van der Waals surface area contributed by atoms with E-state index >= 15 is 0 Å². The van der Waals surface area contributed by atoms with Crippen molar-refractivity contribution in [3.63, 3.8) is 0 Å². The molecule has 1 aliphatic rings. The van der Waals surface area contributed by atoms with E-state index in [0.717, 1.165) is 30.8 Å². The van der Waals surface area contributed by atoms with Gasteiger partial charge in [-0.05, 0) is 48.7 Å². The van der Waals surface area contributed by atoms with Crippen molar-refractivity contribution >= 4 is 17.7 Å². The second-order valence-corrected chi connectivity index (χ2v) is 7.09. The van der Waals surface area contributed by atoms with E-state index in [-0.39, 0.29) is 23.4 Å². The Morgan fingerprint density at radius 3 is 2.65 bits per heavy atom. The molecule has 0 aromatic heterocycles. The van der Waals surface area contributed by atoms with Gasteiger partial charge in [-0.3, -0.25) is 4.79 Å². The van der Waals surface area contributed by atoms with Gasteiger partial charge in [0.2, 0.25) is 5.91 Å². The van der Waals surface area contributed by atoms with Gasteiger partial charge in [-0.1, -0.05) is 18.2 Å². The molecule has 1 heterocycles. The second-order valence-electron chi connectivity index (χ2n) is 7.09. The number of alkyl halides is 2. The van der Waals surface area contributed by atoms with E-state index in [2.05, 4.69) is 15.0 Å². The number of nitrogens with zero attached hydrogens (tertiary/aromatic N) is 1. The molecule has 1 fully saturated rings. The molecule has 3 rings (SSSR count). The van der Waals surface area contributed by atoms with Crippen molar-refractivity contribution in [2.24, 2.45) is 0 Å². The van der Waals surface area contributed by atoms with Crippen LogP contribution in [0.2, 0.25) is 0 Å². The van der Waals surface area contributed by atoms with Gasteiger partial charge in [0.25, 0.3) is 0 Å². The van der Waals surface area contributed by atoms with E-state index in [1.54, 1.807) is 19.3 Å². The van der Waals surface area contributed by atoms with Crippen LogP contribution in [0.3, 0.4) is 0 Å². The number of benzene rings is 2. The highest BCUT2D eigenvalue weighted by Gasteiger charge is 2.22. The molecule has 0 spiro atoms. The Morgan fingerprint density at radius 1 is 1.13 bits per heavy atom. The van der Waals surface area contributed by atoms with Gasteiger partial charge in [0.05, 0.1) is 19.9 Å². The first-order valence-electron chi connectivity index (χ1n) is 9.99. The monoisotopic (exact) mass is 432 g/mol. The van der Waals surface area contributed by atoms with Crippen molar-refractivity contribution in [2.75, 3.05) is 32.2 Å². The molecule has 0 radical (unpaired) electrons. The predicted octanol–water partition coefficient (Wildman–Crippen LogP) is 4.10. The lowest BCUT2D eigenvalue weighted by Gasteiger charge is -2.35. The van der Waals surface area contributed by atoms with Crippen molar-refractivity contribution < 1.29 is 27.8 Å². The number of anilines is 1. The van der Waals surface area contributed by atoms with E-state index in [0.29, 0.717) is 12.1 Å². The maximum absolute atomic E-state index is 12.4. The van der Waals surface area contributed by atoms with Gasteiger partial charge < -0.3 is 24.4 Å². The third-order valence-electron chi connectivity index (χ3n) is 5.02. The molecule has 1 aliphatic heterocycles. The van der Waals surface area contributed by atoms with Crippen LogP contribution in [0.4, 0.5) is 14.5 Å². The van der Waals surface area contributed by atoms with Gasteiger partial charge >= 0.3 is 6.61 Å². The molecule has 31 heavy (non-hydrogen) atoms. The highest BCUT2D eigenvalue weighted by atomic mass is 19.3. The second kappa shape index (κ2) is 10.7. The summed E-state index contributed by atoms with van der Waals surface area (Å²) >= 11 is 0. The molecule has 0 bridgehead atoms. The standard InChI is InChI=1S/C23H26F2N2O4/c1-29-19-8-4-3-7-18(19)27-13-5-6-17(15-27)26-22(28)12-10-16-9-11-20(31-23(24)25)21(14-16)30-2/h3-4,7-12,14,17,23H,5-6,13,15H2,1-2H3,(H,26,28)/b12-10+. The first kappa shape index (κ1) is 22.4. The van der Waals surface area contributed by atoms with Gasteiger partial charge in [-0.25, -0.2) is 0 Å². The molecule has 2 aromatic rings. The maximum Gasteiger partial charge on any atom is 0.387 e. The number of carbonyl (C=O) groups is 1. The highest BCUT2D eigenvalue weighted by molar-refractivity contribution is 5.92. The largest absolute Gasteiger partial charge is 0.495 e. The molecule has 1 unspecified atom stereocenters. The lowest BCUT2D eigenvalue weighted by molar-refractivity contribution is -0.117. The molecule has 0 aliphatic carbocycles. The lowest BCUT2D eigenvalue weighted by atomic mass is 10.0. The van der Waals surface area contributed by atoms with Crippen molar-refractivity contribution in [3.8, 4) is 17.2 Å². The fourth-order valence-electron chi connectivity index (χ4n) is 3.61. The van der Waals surface area contributed by atoms with Gasteiger partial charge in [0.1, 0.15) is 5.75 Å². The molecule has 1 atom stereocenters. The molecule has 1 N–H and O–H groups in total. The van der Waals surface area contributed by atoms with E-state index in [4.69, 9.17) is 9.47 Å². The molecule has 1 amide bonds. The Balaban J connectivity index is 1.60. The van der Waals surface area contributed by atoms with E-state index < -0.39 is 6.61 Å². The van der Waals surface area contributed by atoms with Crippen molar-refractivity contribution in [3.05, 3.63) is 54.1 Å². The highest BCUT2D eigenvalue weighted by Crippen LogP contribution is 2.31. The minimum Gasteiger partial charge on any atom is -0.495 e. The summed E-state index contributed by atoms with van der Waals surface area (Å²) in [5.74, 6) is 0.696. The van der Waals surface area contributed by atoms with Crippen LogP contribution < -0.4 is 24.4 Å². The van der Waals surface area contributed by atoms with Gasteiger partial charge in [-0.2, -0.15) is 8.78 Å². The number of ether oxygens (including phenoxy) is 3. The predicted molar refractivity (Wildman–Crippen MR) is 115 cm³/mol. The van der Waals surface area contributed by atoms with Crippen molar-refractivity contribution in [1.82, 2.24) is 5.32 Å². The Labute approximate surface area is 180 Å².